The Hall–Kier alpha value is -1.36. The van der Waals surface area contributed by atoms with Crippen LogP contribution in [0, 0.1) is 0 Å². The van der Waals surface area contributed by atoms with Crippen molar-refractivity contribution >= 4 is 28.5 Å². The van der Waals surface area contributed by atoms with E-state index in [1.807, 2.05) is 4.68 Å². The van der Waals surface area contributed by atoms with Crippen molar-refractivity contribution in [2.24, 2.45) is 0 Å². The maximum atomic E-state index is 5.98. The van der Waals surface area contributed by atoms with Crippen LogP contribution in [0.2, 0.25) is 5.28 Å². The van der Waals surface area contributed by atoms with E-state index in [0.717, 1.165) is 16.9 Å². The lowest BCUT2D eigenvalue weighted by Crippen LogP contribution is -2.23. The average molecular weight is 268 g/mol. The summed E-state index contributed by atoms with van der Waals surface area (Å²) in [5.74, 6) is 0.732. The van der Waals surface area contributed by atoms with Gasteiger partial charge in [0, 0.05) is 6.04 Å². The van der Waals surface area contributed by atoms with Crippen molar-refractivity contribution in [2.75, 3.05) is 5.32 Å². The summed E-state index contributed by atoms with van der Waals surface area (Å²) in [5.41, 5.74) is 0.611. The Morgan fingerprint density at radius 2 is 1.94 bits per heavy atom. The Morgan fingerprint density at radius 1 is 1.28 bits per heavy atom. The predicted octanol–water partition coefficient (Wildman–Crippen LogP) is 3.06. The highest BCUT2D eigenvalue weighted by atomic mass is 35.5. The second-order valence-corrected chi connectivity index (χ2v) is 5.94. The first kappa shape index (κ1) is 13.1. The van der Waals surface area contributed by atoms with Gasteiger partial charge in [0.05, 0.1) is 17.1 Å². The van der Waals surface area contributed by atoms with Crippen molar-refractivity contribution in [3.8, 4) is 0 Å². The number of anilines is 1. The largest absolute Gasteiger partial charge is 0.367 e. The maximum Gasteiger partial charge on any atom is 0.226 e. The van der Waals surface area contributed by atoms with Gasteiger partial charge in [-0.2, -0.15) is 15.1 Å². The van der Waals surface area contributed by atoms with Crippen LogP contribution in [-0.4, -0.2) is 25.8 Å². The molecule has 0 aliphatic heterocycles. The summed E-state index contributed by atoms with van der Waals surface area (Å²) >= 11 is 5.98. The summed E-state index contributed by atoms with van der Waals surface area (Å²) in [6.45, 7) is 10.3. The smallest absolute Gasteiger partial charge is 0.226 e. The third kappa shape index (κ3) is 2.41. The Morgan fingerprint density at radius 3 is 2.50 bits per heavy atom. The van der Waals surface area contributed by atoms with Crippen LogP contribution in [0.3, 0.4) is 0 Å². The number of hydrogen-bond acceptors (Lipinski definition) is 4. The Balaban J connectivity index is 2.65. The molecule has 0 atom stereocenters. The third-order valence-corrected chi connectivity index (χ3v) is 2.63. The van der Waals surface area contributed by atoms with Gasteiger partial charge in [0.1, 0.15) is 5.82 Å². The number of rotatable bonds is 2. The minimum absolute atomic E-state index is 0.144. The van der Waals surface area contributed by atoms with Gasteiger partial charge in [0.2, 0.25) is 5.28 Å². The number of fused-ring (bicyclic) bond motifs is 1. The second kappa shape index (κ2) is 4.39. The van der Waals surface area contributed by atoms with Crippen molar-refractivity contribution in [3.63, 3.8) is 0 Å². The van der Waals surface area contributed by atoms with Gasteiger partial charge in [-0.3, -0.25) is 0 Å². The van der Waals surface area contributed by atoms with Crippen LogP contribution in [0.5, 0.6) is 0 Å². The van der Waals surface area contributed by atoms with Crippen LogP contribution < -0.4 is 5.32 Å². The van der Waals surface area contributed by atoms with Crippen LogP contribution in [0.1, 0.15) is 34.6 Å². The van der Waals surface area contributed by atoms with Crippen LogP contribution in [0.4, 0.5) is 5.82 Å². The molecule has 2 aromatic heterocycles. The zero-order valence-electron chi connectivity index (χ0n) is 11.3. The van der Waals surface area contributed by atoms with Gasteiger partial charge >= 0.3 is 0 Å². The highest BCUT2D eigenvalue weighted by Gasteiger charge is 2.20. The van der Waals surface area contributed by atoms with E-state index in [9.17, 15) is 0 Å². The monoisotopic (exact) mass is 267 g/mol. The molecule has 0 radical (unpaired) electrons. The third-order valence-electron chi connectivity index (χ3n) is 2.46. The first-order valence-corrected chi connectivity index (χ1v) is 6.35. The van der Waals surface area contributed by atoms with Gasteiger partial charge in [-0.05, 0) is 46.2 Å². The van der Waals surface area contributed by atoms with Crippen molar-refractivity contribution in [3.05, 3.63) is 11.5 Å². The Labute approximate surface area is 112 Å². The van der Waals surface area contributed by atoms with Gasteiger partial charge in [0.25, 0.3) is 0 Å². The van der Waals surface area contributed by atoms with Crippen molar-refractivity contribution in [1.82, 2.24) is 19.7 Å². The topological polar surface area (TPSA) is 55.6 Å². The number of aromatic nitrogens is 4. The molecule has 0 aliphatic rings. The van der Waals surface area contributed by atoms with Crippen molar-refractivity contribution in [2.45, 2.75) is 46.2 Å². The normalized spacial score (nSPS) is 12.4. The molecule has 2 rings (SSSR count). The maximum absolute atomic E-state index is 5.98. The highest BCUT2D eigenvalue weighted by molar-refractivity contribution is 6.28. The zero-order valence-corrected chi connectivity index (χ0v) is 12.1. The second-order valence-electron chi connectivity index (χ2n) is 5.60. The number of nitrogens with zero attached hydrogens (tertiary/aromatic N) is 4. The van der Waals surface area contributed by atoms with Gasteiger partial charge in [-0.1, -0.05) is 0 Å². The summed E-state index contributed by atoms with van der Waals surface area (Å²) < 4.78 is 1.86. The molecule has 5 nitrogen and oxygen atoms in total. The van der Waals surface area contributed by atoms with Gasteiger partial charge < -0.3 is 5.32 Å². The van der Waals surface area contributed by atoms with Gasteiger partial charge in [-0.15, -0.1) is 0 Å². The zero-order chi connectivity index (χ0) is 13.5. The van der Waals surface area contributed by atoms with E-state index in [1.54, 1.807) is 6.20 Å². The lowest BCUT2D eigenvalue weighted by molar-refractivity contribution is 0.366. The minimum atomic E-state index is -0.144. The van der Waals surface area contributed by atoms with E-state index in [1.165, 1.54) is 0 Å². The molecule has 2 aromatic rings. The number of halogens is 1. The van der Waals surface area contributed by atoms with E-state index in [2.05, 4.69) is 55.0 Å². The average Bonchev–Trinajstić information content (AvgIpc) is 2.58. The van der Waals surface area contributed by atoms with Crippen molar-refractivity contribution in [1.29, 1.82) is 0 Å². The summed E-state index contributed by atoms with van der Waals surface area (Å²) in [4.78, 5) is 8.51. The van der Waals surface area contributed by atoms with E-state index in [4.69, 9.17) is 11.6 Å². The molecular formula is C12H18ClN5. The molecule has 0 spiro atoms. The quantitative estimate of drug-likeness (QED) is 0.850. The number of hydrogen-bond donors (Lipinski definition) is 1. The van der Waals surface area contributed by atoms with Crippen LogP contribution in [0.15, 0.2) is 6.20 Å². The summed E-state index contributed by atoms with van der Waals surface area (Å²) in [6.07, 6.45) is 1.78. The molecule has 2 heterocycles. The molecule has 18 heavy (non-hydrogen) atoms. The molecule has 0 aliphatic carbocycles. The van der Waals surface area contributed by atoms with E-state index in [0.29, 0.717) is 0 Å². The van der Waals surface area contributed by atoms with Crippen LogP contribution in [-0.2, 0) is 5.54 Å². The molecule has 1 N–H and O–H groups in total. The molecule has 0 aromatic carbocycles. The summed E-state index contributed by atoms with van der Waals surface area (Å²) in [7, 11) is 0. The molecule has 0 bridgehead atoms. The molecular weight excluding hydrogens is 250 g/mol. The lowest BCUT2D eigenvalue weighted by Gasteiger charge is -2.20. The fraction of sp³-hybridized carbons (Fsp3) is 0.583. The highest BCUT2D eigenvalue weighted by Crippen LogP contribution is 2.26. The molecule has 0 amide bonds. The molecule has 0 saturated carbocycles. The summed E-state index contributed by atoms with van der Waals surface area (Å²) in [5, 5.41) is 8.78. The van der Waals surface area contributed by atoms with E-state index >= 15 is 0 Å². The van der Waals surface area contributed by atoms with Crippen molar-refractivity contribution < 1.29 is 0 Å². The van der Waals surface area contributed by atoms with E-state index < -0.39 is 0 Å². The first-order valence-electron chi connectivity index (χ1n) is 5.97. The Kier molecular flexibility index (Phi) is 3.19. The molecule has 0 saturated heterocycles. The molecule has 0 fully saturated rings. The molecule has 98 valence electrons. The number of nitrogens with one attached hydrogen (secondary N) is 1. The van der Waals surface area contributed by atoms with Crippen LogP contribution >= 0.6 is 11.6 Å². The van der Waals surface area contributed by atoms with E-state index in [-0.39, 0.29) is 16.9 Å². The lowest BCUT2D eigenvalue weighted by atomic mass is 10.1. The summed E-state index contributed by atoms with van der Waals surface area (Å²) in [6, 6.07) is 0.275. The SMILES string of the molecule is CC(C)Nc1nc(Cl)nc2c1cnn2C(C)(C)C. The molecule has 0 unspecified atom stereocenters. The predicted molar refractivity (Wildman–Crippen MR) is 74.1 cm³/mol. The van der Waals surface area contributed by atoms with Gasteiger partial charge in [-0.25, -0.2) is 4.68 Å². The first-order chi connectivity index (χ1) is 8.29. The fourth-order valence-corrected chi connectivity index (χ4v) is 1.92. The Bertz CT molecular complexity index is 568. The standard InChI is InChI=1S/C12H18ClN5/c1-7(2)15-9-8-6-14-18(12(3,4)5)10(8)17-11(13)16-9/h6-7H,1-5H3,(H,15,16,17). The molecule has 6 heteroatoms. The van der Waals surface area contributed by atoms with Gasteiger partial charge in [0.15, 0.2) is 5.65 Å². The fourth-order valence-electron chi connectivity index (χ4n) is 1.76. The minimum Gasteiger partial charge on any atom is -0.367 e. The van der Waals surface area contributed by atoms with Crippen LogP contribution in [0.25, 0.3) is 11.0 Å².